The summed E-state index contributed by atoms with van der Waals surface area (Å²) < 4.78 is 0. The summed E-state index contributed by atoms with van der Waals surface area (Å²) in [5, 5.41) is 7.16. The highest BCUT2D eigenvalue weighted by Crippen LogP contribution is 2.32. The van der Waals surface area contributed by atoms with Crippen molar-refractivity contribution in [1.82, 2.24) is 0 Å². The van der Waals surface area contributed by atoms with Gasteiger partial charge >= 0.3 is 11.9 Å². The van der Waals surface area contributed by atoms with Crippen LogP contribution in [0.25, 0.3) is 9.75 Å². The molecule has 0 bridgehead atoms. The van der Waals surface area contributed by atoms with E-state index >= 15 is 0 Å². The Morgan fingerprint density at radius 3 is 1.64 bits per heavy atom. The highest BCUT2D eigenvalue weighted by Gasteiger charge is 2.05. The predicted octanol–water partition coefficient (Wildman–Crippen LogP) is 3.27. The van der Waals surface area contributed by atoms with Gasteiger partial charge < -0.3 is 9.68 Å². The second kappa shape index (κ2) is 7.62. The molecule has 0 aliphatic carbocycles. The maximum atomic E-state index is 10.6. The molecule has 0 amide bonds. The Labute approximate surface area is 134 Å². The molecule has 2 heterocycles. The Bertz CT molecular complexity index is 669. The lowest BCUT2D eigenvalue weighted by Gasteiger charge is -1.89. The molecular weight excluding hydrogens is 324 g/mol. The van der Waals surface area contributed by atoms with Crippen molar-refractivity contribution in [1.29, 1.82) is 0 Å². The highest BCUT2D eigenvalue weighted by molar-refractivity contribution is 7.23. The van der Waals surface area contributed by atoms with Crippen LogP contribution in [0.2, 0.25) is 0 Å². The minimum atomic E-state index is -0.456. The first-order chi connectivity index (χ1) is 10.5. The number of hydrogen-bond donors (Lipinski definition) is 0. The van der Waals surface area contributed by atoms with Crippen LogP contribution in [0, 0.1) is 0 Å². The lowest BCUT2D eigenvalue weighted by atomic mass is 10.3. The molecular formula is C14H12N2O4S2. The number of hydrogen-bond acceptors (Lipinski definition) is 8. The molecule has 114 valence electrons. The predicted molar refractivity (Wildman–Crippen MR) is 86.4 cm³/mol. The first-order valence-corrected chi connectivity index (χ1v) is 7.80. The zero-order chi connectivity index (χ0) is 15.9. The summed E-state index contributed by atoms with van der Waals surface area (Å²) in [4.78, 5) is 34.1. The van der Waals surface area contributed by atoms with Crippen molar-refractivity contribution in [2.24, 2.45) is 10.3 Å². The highest BCUT2D eigenvalue weighted by atomic mass is 32.1. The van der Waals surface area contributed by atoms with Crippen molar-refractivity contribution in [2.45, 2.75) is 13.8 Å². The first-order valence-electron chi connectivity index (χ1n) is 6.16. The maximum Gasteiger partial charge on any atom is 0.331 e. The van der Waals surface area contributed by atoms with E-state index in [1.807, 2.05) is 24.3 Å². The fourth-order valence-electron chi connectivity index (χ4n) is 1.41. The van der Waals surface area contributed by atoms with Gasteiger partial charge in [-0.05, 0) is 24.3 Å². The smallest absolute Gasteiger partial charge is 0.319 e. The van der Waals surface area contributed by atoms with Crippen LogP contribution in [0.3, 0.4) is 0 Å². The summed E-state index contributed by atoms with van der Waals surface area (Å²) >= 11 is 3.04. The van der Waals surface area contributed by atoms with Crippen LogP contribution in [0.4, 0.5) is 0 Å². The molecule has 0 N–H and O–H groups in total. The third-order valence-electron chi connectivity index (χ3n) is 2.22. The third kappa shape index (κ3) is 4.90. The Kier molecular flexibility index (Phi) is 5.56. The van der Waals surface area contributed by atoms with E-state index in [2.05, 4.69) is 20.0 Å². The summed E-state index contributed by atoms with van der Waals surface area (Å²) in [6.07, 6.45) is 2.98. The Morgan fingerprint density at radius 2 is 1.27 bits per heavy atom. The van der Waals surface area contributed by atoms with Crippen molar-refractivity contribution in [3.8, 4) is 9.75 Å². The molecule has 0 radical (unpaired) electrons. The number of oxime groups is 2. The van der Waals surface area contributed by atoms with E-state index in [9.17, 15) is 9.59 Å². The SMILES string of the molecule is CC(=O)O/N=C\c1ccc(-c2ccc(/C=N/OC(C)=O)s2)s1. The summed E-state index contributed by atoms with van der Waals surface area (Å²) in [5.74, 6) is -0.911. The molecule has 2 aromatic rings. The quantitative estimate of drug-likeness (QED) is 0.477. The van der Waals surface area contributed by atoms with Gasteiger partial charge in [-0.15, -0.1) is 22.7 Å². The van der Waals surface area contributed by atoms with Gasteiger partial charge in [-0.2, -0.15) is 0 Å². The van der Waals surface area contributed by atoms with Gasteiger partial charge in [0.05, 0.1) is 12.4 Å². The average molecular weight is 336 g/mol. The van der Waals surface area contributed by atoms with E-state index in [1.165, 1.54) is 49.0 Å². The first kappa shape index (κ1) is 16.1. The molecule has 0 aliphatic heterocycles. The van der Waals surface area contributed by atoms with Crippen LogP contribution in [-0.2, 0) is 19.3 Å². The molecule has 0 aliphatic rings. The lowest BCUT2D eigenvalue weighted by Crippen LogP contribution is -1.90. The van der Waals surface area contributed by atoms with Gasteiger partial charge in [-0.1, -0.05) is 10.3 Å². The van der Waals surface area contributed by atoms with Crippen LogP contribution in [0.1, 0.15) is 23.6 Å². The summed E-state index contributed by atoms with van der Waals surface area (Å²) in [5.41, 5.74) is 0. The Hall–Kier alpha value is -2.32. The molecule has 0 saturated carbocycles. The molecule has 6 nitrogen and oxygen atoms in total. The van der Waals surface area contributed by atoms with Crippen LogP contribution in [-0.4, -0.2) is 24.4 Å². The lowest BCUT2D eigenvalue weighted by molar-refractivity contribution is -0.141. The molecule has 0 spiro atoms. The van der Waals surface area contributed by atoms with Crippen LogP contribution in [0.15, 0.2) is 34.6 Å². The molecule has 0 saturated heterocycles. The number of rotatable bonds is 5. The van der Waals surface area contributed by atoms with Crippen molar-refractivity contribution < 1.29 is 19.3 Å². The van der Waals surface area contributed by atoms with Gasteiger partial charge in [0.1, 0.15) is 0 Å². The minimum absolute atomic E-state index is 0.456. The van der Waals surface area contributed by atoms with Gasteiger partial charge in [0, 0.05) is 33.4 Å². The largest absolute Gasteiger partial charge is 0.331 e. The summed E-state index contributed by atoms with van der Waals surface area (Å²) in [6.45, 7) is 2.59. The van der Waals surface area contributed by atoms with Gasteiger partial charge in [-0.3, -0.25) is 0 Å². The fraction of sp³-hybridized carbons (Fsp3) is 0.143. The zero-order valence-corrected chi connectivity index (χ0v) is 13.4. The van der Waals surface area contributed by atoms with E-state index in [0.29, 0.717) is 0 Å². The standard InChI is InChI=1S/C14H12N2O4S2/c1-9(17)19-15-7-11-3-5-13(21-11)14-6-4-12(22-14)8-16-20-10(2)18/h3-8H,1-2H3/b15-7-,16-8+. The third-order valence-corrected chi connectivity index (χ3v) is 4.45. The summed E-state index contributed by atoms with van der Waals surface area (Å²) in [7, 11) is 0. The number of carbonyl (C=O) groups excluding carboxylic acids is 2. The monoisotopic (exact) mass is 336 g/mol. The molecule has 22 heavy (non-hydrogen) atoms. The van der Waals surface area contributed by atoms with Crippen molar-refractivity contribution in [3.63, 3.8) is 0 Å². The van der Waals surface area contributed by atoms with Gasteiger partial charge in [0.15, 0.2) is 0 Å². The molecule has 0 aromatic carbocycles. The molecule has 0 atom stereocenters. The second-order valence-electron chi connectivity index (χ2n) is 4.04. The number of thiophene rings is 2. The number of nitrogens with zero attached hydrogens (tertiary/aromatic N) is 2. The number of carbonyl (C=O) groups is 2. The van der Waals surface area contributed by atoms with Crippen molar-refractivity contribution in [2.75, 3.05) is 0 Å². The van der Waals surface area contributed by atoms with E-state index in [1.54, 1.807) is 0 Å². The molecule has 2 rings (SSSR count). The normalized spacial score (nSPS) is 11.2. The van der Waals surface area contributed by atoms with E-state index in [0.717, 1.165) is 19.5 Å². The van der Waals surface area contributed by atoms with Crippen LogP contribution in [0.5, 0.6) is 0 Å². The Morgan fingerprint density at radius 1 is 0.864 bits per heavy atom. The van der Waals surface area contributed by atoms with Crippen molar-refractivity contribution in [3.05, 3.63) is 34.0 Å². The second-order valence-corrected chi connectivity index (χ2v) is 6.27. The van der Waals surface area contributed by atoms with E-state index in [4.69, 9.17) is 0 Å². The van der Waals surface area contributed by atoms with Crippen molar-refractivity contribution >= 4 is 47.0 Å². The fourth-order valence-corrected chi connectivity index (χ4v) is 3.25. The maximum absolute atomic E-state index is 10.6. The summed E-state index contributed by atoms with van der Waals surface area (Å²) in [6, 6.07) is 7.69. The molecule has 8 heteroatoms. The zero-order valence-electron chi connectivity index (χ0n) is 11.8. The minimum Gasteiger partial charge on any atom is -0.319 e. The van der Waals surface area contributed by atoms with E-state index < -0.39 is 11.9 Å². The average Bonchev–Trinajstić information content (AvgIpc) is 3.06. The van der Waals surface area contributed by atoms with Gasteiger partial charge in [0.25, 0.3) is 0 Å². The van der Waals surface area contributed by atoms with Gasteiger partial charge in [0.2, 0.25) is 0 Å². The molecule has 0 fully saturated rings. The molecule has 0 unspecified atom stereocenters. The Balaban J connectivity index is 2.03. The van der Waals surface area contributed by atoms with Crippen LogP contribution >= 0.6 is 22.7 Å². The van der Waals surface area contributed by atoms with Crippen LogP contribution < -0.4 is 0 Å². The van der Waals surface area contributed by atoms with Gasteiger partial charge in [-0.25, -0.2) is 9.59 Å². The van der Waals surface area contributed by atoms with E-state index in [-0.39, 0.29) is 0 Å². The topological polar surface area (TPSA) is 77.3 Å². The molecule has 2 aromatic heterocycles.